The summed E-state index contributed by atoms with van der Waals surface area (Å²) in [6.45, 7) is 8.34. The molecule has 1 heterocycles. The Morgan fingerprint density at radius 3 is 2.29 bits per heavy atom. The first kappa shape index (κ1) is 24.3. The Morgan fingerprint density at radius 1 is 0.943 bits per heavy atom. The molecule has 6 nitrogen and oxygen atoms in total. The lowest BCUT2D eigenvalue weighted by Crippen LogP contribution is -2.49. The van der Waals surface area contributed by atoms with Gasteiger partial charge in [0.1, 0.15) is 25.1 Å². The molecule has 3 aromatic carbocycles. The zero-order chi connectivity index (χ0) is 25.2. The quantitative estimate of drug-likeness (QED) is 0.549. The number of fused-ring (bicyclic) bond motifs is 1. The van der Waals surface area contributed by atoms with E-state index < -0.39 is 23.3 Å². The van der Waals surface area contributed by atoms with Gasteiger partial charge in [0.25, 0.3) is 5.91 Å². The first-order valence-corrected chi connectivity index (χ1v) is 11.5. The van der Waals surface area contributed by atoms with Gasteiger partial charge in [-0.2, -0.15) is 0 Å². The molecule has 0 bridgehead atoms. The molecule has 1 aliphatic heterocycles. The number of carbonyl (C=O) groups is 2. The highest BCUT2D eigenvalue weighted by Gasteiger charge is 2.35. The average Bonchev–Trinajstić information content (AvgIpc) is 2.81. The second-order valence-electron chi connectivity index (χ2n) is 9.57. The molecule has 182 valence electrons. The molecule has 7 heteroatoms. The van der Waals surface area contributed by atoms with Crippen LogP contribution in [0.4, 0.5) is 10.1 Å². The molecule has 1 aliphatic rings. The van der Waals surface area contributed by atoms with Crippen LogP contribution in [-0.2, 0) is 4.79 Å². The minimum Gasteiger partial charge on any atom is -0.486 e. The van der Waals surface area contributed by atoms with Crippen LogP contribution in [0.25, 0.3) is 0 Å². The molecule has 0 unspecified atom stereocenters. The van der Waals surface area contributed by atoms with Crippen LogP contribution in [-0.4, -0.2) is 30.6 Å². The Labute approximate surface area is 204 Å². The third kappa shape index (κ3) is 5.62. The minimum absolute atomic E-state index is 0.339. The molecule has 1 N–H and O–H groups in total. The van der Waals surface area contributed by atoms with E-state index >= 15 is 0 Å². The molecule has 3 aromatic rings. The Kier molecular flexibility index (Phi) is 6.78. The zero-order valence-electron chi connectivity index (χ0n) is 20.3. The summed E-state index contributed by atoms with van der Waals surface area (Å²) in [6.07, 6.45) is 0. The first-order valence-electron chi connectivity index (χ1n) is 11.5. The number of benzene rings is 3. The Morgan fingerprint density at radius 2 is 1.63 bits per heavy atom. The monoisotopic (exact) mass is 476 g/mol. The van der Waals surface area contributed by atoms with Crippen molar-refractivity contribution >= 4 is 17.5 Å². The summed E-state index contributed by atoms with van der Waals surface area (Å²) in [5.41, 5.74) is 1.75. The number of carbonyl (C=O) groups excluding carboxylic acids is 2. The van der Waals surface area contributed by atoms with Crippen LogP contribution in [0.2, 0.25) is 0 Å². The van der Waals surface area contributed by atoms with E-state index in [1.165, 1.54) is 29.2 Å². The van der Waals surface area contributed by atoms with Crippen molar-refractivity contribution in [1.82, 2.24) is 5.32 Å². The fourth-order valence-corrected chi connectivity index (χ4v) is 3.98. The number of anilines is 1. The molecule has 0 fully saturated rings. The van der Waals surface area contributed by atoms with Crippen molar-refractivity contribution in [2.24, 2.45) is 0 Å². The molecule has 0 radical (unpaired) electrons. The van der Waals surface area contributed by atoms with Crippen LogP contribution in [0.5, 0.6) is 11.5 Å². The minimum atomic E-state index is -1.04. The summed E-state index contributed by atoms with van der Waals surface area (Å²) in [4.78, 5) is 29.2. The van der Waals surface area contributed by atoms with Gasteiger partial charge in [-0.1, -0.05) is 24.3 Å². The lowest BCUT2D eigenvalue weighted by atomic mass is 9.99. The Bertz CT molecular complexity index is 1230. The zero-order valence-corrected chi connectivity index (χ0v) is 20.3. The smallest absolute Gasteiger partial charge is 0.259 e. The number of ether oxygens (including phenoxy) is 2. The summed E-state index contributed by atoms with van der Waals surface area (Å²) in [5, 5.41) is 2.98. The number of aryl methyl sites for hydroxylation is 1. The van der Waals surface area contributed by atoms with Crippen molar-refractivity contribution in [1.29, 1.82) is 0 Å². The van der Waals surface area contributed by atoms with Crippen LogP contribution in [0.3, 0.4) is 0 Å². The molecular formula is C28H29FN2O4. The third-order valence-electron chi connectivity index (χ3n) is 5.48. The van der Waals surface area contributed by atoms with E-state index in [-0.39, 0.29) is 5.91 Å². The summed E-state index contributed by atoms with van der Waals surface area (Å²) in [5.74, 6) is -0.161. The molecular weight excluding hydrogens is 447 g/mol. The van der Waals surface area contributed by atoms with Gasteiger partial charge in [-0.3, -0.25) is 14.5 Å². The molecule has 0 saturated heterocycles. The summed E-state index contributed by atoms with van der Waals surface area (Å²) in [7, 11) is 0. The summed E-state index contributed by atoms with van der Waals surface area (Å²) >= 11 is 0. The number of nitrogens with zero attached hydrogens (tertiary/aromatic N) is 1. The van der Waals surface area contributed by atoms with Crippen molar-refractivity contribution < 1.29 is 23.5 Å². The van der Waals surface area contributed by atoms with Crippen LogP contribution < -0.4 is 19.7 Å². The molecule has 2 amide bonds. The van der Waals surface area contributed by atoms with E-state index in [0.29, 0.717) is 41.5 Å². The maximum absolute atomic E-state index is 14.1. The van der Waals surface area contributed by atoms with Crippen molar-refractivity contribution in [2.45, 2.75) is 39.3 Å². The van der Waals surface area contributed by atoms with E-state index in [2.05, 4.69) is 5.32 Å². The van der Waals surface area contributed by atoms with Gasteiger partial charge in [-0.05, 0) is 81.3 Å². The van der Waals surface area contributed by atoms with Crippen molar-refractivity contribution in [3.63, 3.8) is 0 Å². The van der Waals surface area contributed by atoms with E-state index in [1.54, 1.807) is 24.3 Å². The third-order valence-corrected chi connectivity index (χ3v) is 5.48. The van der Waals surface area contributed by atoms with Gasteiger partial charge < -0.3 is 14.8 Å². The van der Waals surface area contributed by atoms with Crippen molar-refractivity contribution in [3.8, 4) is 11.5 Å². The molecule has 0 spiro atoms. The maximum Gasteiger partial charge on any atom is 0.259 e. The molecule has 1 atom stereocenters. The van der Waals surface area contributed by atoms with Crippen molar-refractivity contribution in [3.05, 3.63) is 89.2 Å². The summed E-state index contributed by atoms with van der Waals surface area (Å²) in [6, 6.07) is 16.9. The number of hydrogen-bond acceptors (Lipinski definition) is 4. The van der Waals surface area contributed by atoms with Crippen LogP contribution >= 0.6 is 0 Å². The van der Waals surface area contributed by atoms with Gasteiger partial charge in [-0.25, -0.2) is 4.39 Å². The lowest BCUT2D eigenvalue weighted by molar-refractivity contribution is -0.123. The molecule has 4 rings (SSSR count). The van der Waals surface area contributed by atoms with Crippen LogP contribution in [0.15, 0.2) is 66.7 Å². The van der Waals surface area contributed by atoms with E-state index in [1.807, 2.05) is 45.9 Å². The highest BCUT2D eigenvalue weighted by atomic mass is 19.1. The predicted octanol–water partition coefficient (Wildman–Crippen LogP) is 5.21. The highest BCUT2D eigenvalue weighted by Crippen LogP contribution is 2.35. The molecule has 0 saturated carbocycles. The maximum atomic E-state index is 14.1. The largest absolute Gasteiger partial charge is 0.486 e. The predicted molar refractivity (Wildman–Crippen MR) is 132 cm³/mol. The van der Waals surface area contributed by atoms with Gasteiger partial charge in [0.05, 0.1) is 0 Å². The lowest BCUT2D eigenvalue weighted by Gasteiger charge is -2.34. The number of hydrogen-bond donors (Lipinski definition) is 1. The number of nitrogens with one attached hydrogen (secondary N) is 1. The van der Waals surface area contributed by atoms with Crippen LogP contribution in [0, 0.1) is 12.7 Å². The molecule has 0 aliphatic carbocycles. The number of amides is 2. The second kappa shape index (κ2) is 9.78. The Balaban J connectivity index is 1.86. The van der Waals surface area contributed by atoms with E-state index in [0.717, 1.165) is 5.56 Å². The fourth-order valence-electron chi connectivity index (χ4n) is 3.98. The average molecular weight is 477 g/mol. The van der Waals surface area contributed by atoms with Gasteiger partial charge in [0.15, 0.2) is 11.5 Å². The van der Waals surface area contributed by atoms with Gasteiger partial charge in [0.2, 0.25) is 5.91 Å². The standard InChI is InChI=1S/C28H29FN2O4/c1-18-6-5-7-22(16-18)31(27(33)20-10-13-23-24(17-20)35-15-14-34-23)25(26(32)30-28(2,3)4)19-8-11-21(29)12-9-19/h5-13,16-17,25H,14-15H2,1-4H3,(H,30,32)/t25-/m1/s1. The van der Waals surface area contributed by atoms with E-state index in [9.17, 15) is 14.0 Å². The van der Waals surface area contributed by atoms with Gasteiger partial charge in [-0.15, -0.1) is 0 Å². The first-order chi connectivity index (χ1) is 16.6. The second-order valence-corrected chi connectivity index (χ2v) is 9.57. The Hall–Kier alpha value is -3.87. The molecule has 0 aromatic heterocycles. The number of rotatable bonds is 5. The normalized spacial score (nSPS) is 13.6. The van der Waals surface area contributed by atoms with Gasteiger partial charge >= 0.3 is 0 Å². The van der Waals surface area contributed by atoms with Crippen molar-refractivity contribution in [2.75, 3.05) is 18.1 Å². The van der Waals surface area contributed by atoms with Crippen LogP contribution in [0.1, 0.15) is 48.3 Å². The summed E-state index contributed by atoms with van der Waals surface area (Å²) < 4.78 is 25.0. The highest BCUT2D eigenvalue weighted by molar-refractivity contribution is 6.10. The van der Waals surface area contributed by atoms with Gasteiger partial charge in [0, 0.05) is 16.8 Å². The SMILES string of the molecule is Cc1cccc(N(C(=O)c2ccc3c(c2)OCCO3)[C@@H](C(=O)NC(C)(C)C)c2ccc(F)cc2)c1. The number of halogens is 1. The van der Waals surface area contributed by atoms with E-state index in [4.69, 9.17) is 9.47 Å². The fraction of sp³-hybridized carbons (Fsp3) is 0.286. The molecule has 35 heavy (non-hydrogen) atoms. The topological polar surface area (TPSA) is 67.9 Å².